The Morgan fingerprint density at radius 1 is 1.30 bits per heavy atom. The van der Waals surface area contributed by atoms with Crippen LogP contribution in [-0.2, 0) is 16.1 Å². The van der Waals surface area contributed by atoms with E-state index in [2.05, 4.69) is 0 Å². The van der Waals surface area contributed by atoms with Crippen molar-refractivity contribution < 1.29 is 14.6 Å². The molecule has 0 bridgehead atoms. The van der Waals surface area contributed by atoms with Crippen LogP contribution < -0.4 is 0 Å². The Balaban J connectivity index is 2.35. The first-order valence-corrected chi connectivity index (χ1v) is 7.65. The maximum absolute atomic E-state index is 11.8. The first kappa shape index (κ1) is 17.2. The van der Waals surface area contributed by atoms with E-state index in [4.69, 9.17) is 4.74 Å². The smallest absolute Gasteiger partial charge is 0.192 e. The number of hydrogen-bond donors (Lipinski definition) is 1. The number of aliphatic hydroxyl groups is 1. The summed E-state index contributed by atoms with van der Waals surface area (Å²) >= 11 is 1.26. The maximum atomic E-state index is 11.8. The zero-order valence-electron chi connectivity index (χ0n) is 12.6. The van der Waals surface area contributed by atoms with Gasteiger partial charge in [0.15, 0.2) is 5.12 Å². The average Bonchev–Trinajstić information content (AvgIpc) is 2.34. The van der Waals surface area contributed by atoms with Gasteiger partial charge >= 0.3 is 0 Å². The lowest BCUT2D eigenvalue weighted by Crippen LogP contribution is -2.28. The molecule has 20 heavy (non-hydrogen) atoms. The highest BCUT2D eigenvalue weighted by atomic mass is 32.2. The predicted octanol–water partition coefficient (Wildman–Crippen LogP) is 3.40. The molecule has 0 amide bonds. The van der Waals surface area contributed by atoms with Gasteiger partial charge in [-0.05, 0) is 12.5 Å². The molecule has 1 aromatic rings. The van der Waals surface area contributed by atoms with Crippen LogP contribution in [-0.4, -0.2) is 27.2 Å². The summed E-state index contributed by atoms with van der Waals surface area (Å²) in [7, 11) is 0. The van der Waals surface area contributed by atoms with Crippen LogP contribution >= 0.6 is 11.8 Å². The second-order valence-electron chi connectivity index (χ2n) is 5.86. The van der Waals surface area contributed by atoms with Crippen LogP contribution in [0.1, 0.15) is 39.7 Å². The fourth-order valence-corrected chi connectivity index (χ4v) is 2.57. The molecular weight excluding hydrogens is 272 g/mol. The van der Waals surface area contributed by atoms with Crippen LogP contribution in [0.4, 0.5) is 0 Å². The highest BCUT2D eigenvalue weighted by Crippen LogP contribution is 2.26. The molecule has 0 fully saturated rings. The van der Waals surface area contributed by atoms with Crippen LogP contribution in [0, 0.1) is 0 Å². The van der Waals surface area contributed by atoms with Crippen molar-refractivity contribution in [2.45, 2.75) is 57.7 Å². The van der Waals surface area contributed by atoms with E-state index in [1.54, 1.807) is 6.92 Å². The summed E-state index contributed by atoms with van der Waals surface area (Å²) in [6, 6.07) is 9.79. The fraction of sp³-hybridized carbons (Fsp3) is 0.562. The average molecular weight is 296 g/mol. The van der Waals surface area contributed by atoms with Gasteiger partial charge in [-0.2, -0.15) is 0 Å². The zero-order valence-corrected chi connectivity index (χ0v) is 13.4. The first-order valence-electron chi connectivity index (χ1n) is 6.83. The number of ether oxygens (including phenoxy) is 1. The third-order valence-electron chi connectivity index (χ3n) is 2.69. The topological polar surface area (TPSA) is 46.5 Å². The van der Waals surface area contributed by atoms with Crippen LogP contribution in [0.15, 0.2) is 30.3 Å². The van der Waals surface area contributed by atoms with E-state index in [1.807, 2.05) is 51.1 Å². The van der Waals surface area contributed by atoms with E-state index < -0.39 is 6.10 Å². The summed E-state index contributed by atoms with van der Waals surface area (Å²) in [5.41, 5.74) is 1.06. The van der Waals surface area contributed by atoms with Crippen LogP contribution in [0.5, 0.6) is 0 Å². The van der Waals surface area contributed by atoms with Crippen molar-refractivity contribution >= 4 is 16.9 Å². The second kappa shape index (κ2) is 7.81. The van der Waals surface area contributed by atoms with E-state index in [1.165, 1.54) is 11.8 Å². The van der Waals surface area contributed by atoms with Crippen molar-refractivity contribution in [3.8, 4) is 0 Å². The monoisotopic (exact) mass is 296 g/mol. The summed E-state index contributed by atoms with van der Waals surface area (Å²) in [6.45, 7) is 8.19. The van der Waals surface area contributed by atoms with Crippen LogP contribution in [0.3, 0.4) is 0 Å². The molecule has 0 aliphatic carbocycles. The second-order valence-corrected chi connectivity index (χ2v) is 7.74. The largest absolute Gasteiger partial charge is 0.390 e. The molecule has 1 aromatic carbocycles. The van der Waals surface area contributed by atoms with Crippen molar-refractivity contribution in [2.75, 3.05) is 0 Å². The summed E-state index contributed by atoms with van der Waals surface area (Å²) in [5.74, 6) is 0. The van der Waals surface area contributed by atoms with Crippen molar-refractivity contribution in [1.29, 1.82) is 0 Å². The number of rotatable bonds is 6. The fourth-order valence-electron chi connectivity index (χ4n) is 1.63. The van der Waals surface area contributed by atoms with Gasteiger partial charge in [0.2, 0.25) is 0 Å². The molecule has 1 unspecified atom stereocenters. The Morgan fingerprint density at radius 2 is 1.90 bits per heavy atom. The van der Waals surface area contributed by atoms with E-state index in [0.717, 1.165) is 5.56 Å². The van der Waals surface area contributed by atoms with E-state index >= 15 is 0 Å². The standard InChI is InChI=1S/C16H24O3S/c1-12(19-11-13-8-6-5-7-9-13)14(17)10-15(18)20-16(2,3)4/h5-9,12,14,17H,10-11H2,1-4H3/t12-,14?/m0/s1. The summed E-state index contributed by atoms with van der Waals surface area (Å²) in [4.78, 5) is 11.8. The normalized spacial score (nSPS) is 14.8. The quantitative estimate of drug-likeness (QED) is 0.874. The summed E-state index contributed by atoms with van der Waals surface area (Å²) < 4.78 is 5.49. The molecule has 0 aromatic heterocycles. The van der Waals surface area contributed by atoms with Crippen molar-refractivity contribution in [2.24, 2.45) is 0 Å². The summed E-state index contributed by atoms with van der Waals surface area (Å²) in [6.07, 6.45) is -1.00. The molecule has 4 heteroatoms. The third-order valence-corrected chi connectivity index (χ3v) is 3.70. The molecule has 3 nitrogen and oxygen atoms in total. The molecule has 0 heterocycles. The number of carbonyl (C=O) groups is 1. The highest BCUT2D eigenvalue weighted by molar-refractivity contribution is 8.14. The van der Waals surface area contributed by atoms with Crippen LogP contribution in [0.2, 0.25) is 0 Å². The molecule has 0 aliphatic heterocycles. The number of hydrogen-bond acceptors (Lipinski definition) is 4. The lowest BCUT2D eigenvalue weighted by Gasteiger charge is -2.21. The molecule has 0 spiro atoms. The molecule has 0 aliphatic rings. The molecule has 1 rings (SSSR count). The van der Waals surface area contributed by atoms with Crippen molar-refractivity contribution in [3.05, 3.63) is 35.9 Å². The minimum atomic E-state index is -0.763. The minimum Gasteiger partial charge on any atom is -0.390 e. The van der Waals surface area contributed by atoms with E-state index in [-0.39, 0.29) is 22.4 Å². The number of aliphatic hydroxyl groups excluding tert-OH is 1. The molecule has 0 saturated heterocycles. The number of carbonyl (C=O) groups excluding carboxylic acids is 1. The number of thioether (sulfide) groups is 1. The third kappa shape index (κ3) is 7.08. The Bertz CT molecular complexity index is 411. The zero-order chi connectivity index (χ0) is 15.2. The van der Waals surface area contributed by atoms with Crippen LogP contribution in [0.25, 0.3) is 0 Å². The van der Waals surface area contributed by atoms with Gasteiger partial charge in [-0.15, -0.1) is 0 Å². The van der Waals surface area contributed by atoms with E-state index in [0.29, 0.717) is 6.61 Å². The van der Waals surface area contributed by atoms with Gasteiger partial charge in [0.25, 0.3) is 0 Å². The Labute approximate surface area is 125 Å². The molecule has 0 saturated carbocycles. The van der Waals surface area contributed by atoms with Gasteiger partial charge in [-0.25, -0.2) is 0 Å². The first-order chi connectivity index (χ1) is 9.28. The predicted molar refractivity (Wildman–Crippen MR) is 83.7 cm³/mol. The maximum Gasteiger partial charge on any atom is 0.192 e. The Hall–Kier alpha value is -0.840. The van der Waals surface area contributed by atoms with Gasteiger partial charge < -0.3 is 9.84 Å². The lowest BCUT2D eigenvalue weighted by atomic mass is 10.1. The molecule has 0 radical (unpaired) electrons. The highest BCUT2D eigenvalue weighted by Gasteiger charge is 2.23. The molecule has 2 atom stereocenters. The van der Waals surface area contributed by atoms with Gasteiger partial charge in [0, 0.05) is 11.2 Å². The van der Waals surface area contributed by atoms with Gasteiger partial charge in [-0.3, -0.25) is 4.79 Å². The van der Waals surface area contributed by atoms with Crippen molar-refractivity contribution in [1.82, 2.24) is 0 Å². The van der Waals surface area contributed by atoms with E-state index in [9.17, 15) is 9.90 Å². The van der Waals surface area contributed by atoms with Crippen molar-refractivity contribution in [3.63, 3.8) is 0 Å². The molecular formula is C16H24O3S. The summed E-state index contributed by atoms with van der Waals surface area (Å²) in [5, 5.41) is 10.0. The lowest BCUT2D eigenvalue weighted by molar-refractivity contribution is -0.115. The van der Waals surface area contributed by atoms with Gasteiger partial charge in [-0.1, -0.05) is 62.9 Å². The number of benzene rings is 1. The Morgan fingerprint density at radius 3 is 2.45 bits per heavy atom. The van der Waals surface area contributed by atoms with Gasteiger partial charge in [0.05, 0.1) is 18.8 Å². The minimum absolute atomic E-state index is 0.000149. The SMILES string of the molecule is C[C@H](OCc1ccccc1)C(O)CC(=O)SC(C)(C)C. The van der Waals surface area contributed by atoms with Gasteiger partial charge in [0.1, 0.15) is 0 Å². The molecule has 1 N–H and O–H groups in total. The molecule has 112 valence electrons. The Kier molecular flexibility index (Phi) is 6.72.